The van der Waals surface area contributed by atoms with Gasteiger partial charge in [0.2, 0.25) is 0 Å². The van der Waals surface area contributed by atoms with Crippen LogP contribution in [0.15, 0.2) is 48.5 Å². The maximum atomic E-state index is 13.1. The minimum absolute atomic E-state index is 0.0193. The molecule has 0 aliphatic carbocycles. The first-order chi connectivity index (χ1) is 13.7. The van der Waals surface area contributed by atoms with Gasteiger partial charge in [0, 0.05) is 24.5 Å². The lowest BCUT2D eigenvalue weighted by atomic mass is 10.0. The first-order valence-electron chi connectivity index (χ1n) is 9.72. The van der Waals surface area contributed by atoms with Crippen molar-refractivity contribution >= 4 is 16.8 Å². The van der Waals surface area contributed by atoms with E-state index in [-0.39, 0.29) is 5.91 Å². The van der Waals surface area contributed by atoms with Gasteiger partial charge in [-0.2, -0.15) is 0 Å². The van der Waals surface area contributed by atoms with Crippen LogP contribution >= 0.6 is 0 Å². The minimum atomic E-state index is 0.0193. The number of ether oxygens (including phenoxy) is 2. The Kier molecular flexibility index (Phi) is 5.15. The van der Waals surface area contributed by atoms with Crippen LogP contribution in [-0.2, 0) is 0 Å². The zero-order valence-electron chi connectivity index (χ0n) is 16.3. The van der Waals surface area contributed by atoms with E-state index in [4.69, 9.17) is 14.5 Å². The van der Waals surface area contributed by atoms with Crippen LogP contribution in [0.1, 0.15) is 30.1 Å². The number of aromatic nitrogens is 1. The molecular formula is C23H24N2O3. The highest BCUT2D eigenvalue weighted by Gasteiger charge is 2.18. The summed E-state index contributed by atoms with van der Waals surface area (Å²) in [5.74, 6) is 1.48. The second-order valence-electron chi connectivity index (χ2n) is 7.01. The van der Waals surface area contributed by atoms with Crippen molar-refractivity contribution in [2.24, 2.45) is 0 Å². The van der Waals surface area contributed by atoms with Crippen LogP contribution in [0.25, 0.3) is 22.2 Å². The lowest BCUT2D eigenvalue weighted by molar-refractivity contribution is 0.0795. The molecule has 0 spiro atoms. The number of fused-ring (bicyclic) bond motifs is 2. The Morgan fingerprint density at radius 3 is 2.68 bits per heavy atom. The summed E-state index contributed by atoms with van der Waals surface area (Å²) in [5, 5.41) is 0.872. The van der Waals surface area contributed by atoms with Gasteiger partial charge in [-0.3, -0.25) is 4.79 Å². The van der Waals surface area contributed by atoms with E-state index in [1.54, 1.807) is 4.90 Å². The van der Waals surface area contributed by atoms with Crippen LogP contribution in [-0.4, -0.2) is 42.6 Å². The maximum absolute atomic E-state index is 13.1. The van der Waals surface area contributed by atoms with Crippen molar-refractivity contribution in [3.8, 4) is 22.8 Å². The van der Waals surface area contributed by atoms with Crippen molar-refractivity contribution in [2.75, 3.05) is 26.8 Å². The van der Waals surface area contributed by atoms with Crippen molar-refractivity contribution in [2.45, 2.75) is 19.8 Å². The van der Waals surface area contributed by atoms with Gasteiger partial charge in [0.1, 0.15) is 13.2 Å². The topological polar surface area (TPSA) is 51.7 Å². The van der Waals surface area contributed by atoms with Crippen LogP contribution in [0.3, 0.4) is 0 Å². The molecular weight excluding hydrogens is 352 g/mol. The van der Waals surface area contributed by atoms with E-state index in [0.29, 0.717) is 24.5 Å². The van der Waals surface area contributed by atoms with Crippen molar-refractivity contribution in [3.63, 3.8) is 0 Å². The number of carbonyl (C=O) groups excluding carboxylic acids is 1. The summed E-state index contributed by atoms with van der Waals surface area (Å²) in [6, 6.07) is 15.5. The summed E-state index contributed by atoms with van der Waals surface area (Å²) in [7, 11) is 1.86. The Morgan fingerprint density at radius 1 is 1.07 bits per heavy atom. The molecule has 0 saturated heterocycles. The fraction of sp³-hybridized carbons (Fsp3) is 0.304. The highest BCUT2D eigenvalue weighted by Crippen LogP contribution is 2.35. The van der Waals surface area contributed by atoms with Crippen LogP contribution < -0.4 is 9.47 Å². The van der Waals surface area contributed by atoms with E-state index in [1.165, 1.54) is 0 Å². The second kappa shape index (κ2) is 7.89. The highest BCUT2D eigenvalue weighted by atomic mass is 16.6. The molecule has 5 nitrogen and oxygen atoms in total. The van der Waals surface area contributed by atoms with E-state index in [1.807, 2.05) is 55.6 Å². The lowest BCUT2D eigenvalue weighted by Gasteiger charge is -2.20. The van der Waals surface area contributed by atoms with Crippen molar-refractivity contribution in [1.82, 2.24) is 9.88 Å². The van der Waals surface area contributed by atoms with Crippen LogP contribution in [0, 0.1) is 0 Å². The number of nitrogens with zero attached hydrogens (tertiary/aromatic N) is 2. The first-order valence-corrected chi connectivity index (χ1v) is 9.72. The molecule has 1 aliphatic rings. The summed E-state index contributed by atoms with van der Waals surface area (Å²) in [6.45, 7) is 3.96. The lowest BCUT2D eigenvalue weighted by Crippen LogP contribution is -2.28. The first kappa shape index (κ1) is 18.3. The predicted molar refractivity (Wildman–Crippen MR) is 110 cm³/mol. The Balaban J connectivity index is 1.79. The predicted octanol–water partition coefficient (Wildman–Crippen LogP) is 4.55. The number of amides is 1. The zero-order chi connectivity index (χ0) is 19.5. The molecule has 2 aromatic carbocycles. The average Bonchev–Trinajstić information content (AvgIpc) is 2.75. The fourth-order valence-corrected chi connectivity index (χ4v) is 3.41. The number of pyridine rings is 1. The number of benzene rings is 2. The Morgan fingerprint density at radius 2 is 1.86 bits per heavy atom. The van der Waals surface area contributed by atoms with E-state index in [2.05, 4.69) is 6.92 Å². The van der Waals surface area contributed by atoms with E-state index >= 15 is 0 Å². The van der Waals surface area contributed by atoms with Crippen LogP contribution in [0.4, 0.5) is 0 Å². The minimum Gasteiger partial charge on any atom is -0.486 e. The summed E-state index contributed by atoms with van der Waals surface area (Å²) in [6.07, 6.45) is 2.04. The number of carbonyl (C=O) groups is 1. The summed E-state index contributed by atoms with van der Waals surface area (Å²) in [4.78, 5) is 19.7. The molecule has 0 unspecified atom stereocenters. The Hall–Kier alpha value is -3.08. The fourth-order valence-electron chi connectivity index (χ4n) is 3.41. The quantitative estimate of drug-likeness (QED) is 0.656. The van der Waals surface area contributed by atoms with Crippen molar-refractivity contribution in [1.29, 1.82) is 0 Å². The molecule has 0 fully saturated rings. The monoisotopic (exact) mass is 376 g/mol. The third-order valence-electron chi connectivity index (χ3n) is 4.98. The van der Waals surface area contributed by atoms with Gasteiger partial charge in [-0.25, -0.2) is 4.98 Å². The van der Waals surface area contributed by atoms with Gasteiger partial charge in [-0.05, 0) is 36.8 Å². The molecule has 3 aromatic rings. The number of unbranched alkanes of at least 4 members (excludes halogenated alkanes) is 1. The summed E-state index contributed by atoms with van der Waals surface area (Å²) < 4.78 is 11.3. The van der Waals surface area contributed by atoms with Crippen LogP contribution in [0.2, 0.25) is 0 Å². The smallest absolute Gasteiger partial charge is 0.254 e. The Labute approximate surface area is 164 Å². The molecule has 2 heterocycles. The third-order valence-corrected chi connectivity index (χ3v) is 4.98. The molecule has 28 heavy (non-hydrogen) atoms. The molecule has 0 saturated carbocycles. The number of hydrogen-bond acceptors (Lipinski definition) is 4. The van der Waals surface area contributed by atoms with Crippen molar-refractivity contribution < 1.29 is 14.3 Å². The van der Waals surface area contributed by atoms with Gasteiger partial charge in [-0.1, -0.05) is 31.5 Å². The average molecular weight is 376 g/mol. The van der Waals surface area contributed by atoms with E-state index in [0.717, 1.165) is 47.3 Å². The number of hydrogen-bond donors (Lipinski definition) is 0. The molecule has 144 valence electrons. The molecule has 0 radical (unpaired) electrons. The van der Waals surface area contributed by atoms with Gasteiger partial charge >= 0.3 is 0 Å². The normalized spacial score (nSPS) is 12.8. The highest BCUT2D eigenvalue weighted by molar-refractivity contribution is 6.07. The van der Waals surface area contributed by atoms with E-state index in [9.17, 15) is 4.79 Å². The Bertz CT molecular complexity index is 1020. The number of para-hydroxylation sites is 1. The SMILES string of the molecule is CCCCN(C)C(=O)c1cc(-c2ccc3c(c2)OCCO3)nc2ccccc12. The van der Waals surface area contributed by atoms with Gasteiger partial charge in [0.05, 0.1) is 16.8 Å². The third kappa shape index (κ3) is 3.52. The molecule has 1 aromatic heterocycles. The van der Waals surface area contributed by atoms with Gasteiger partial charge in [-0.15, -0.1) is 0 Å². The van der Waals surface area contributed by atoms with Gasteiger partial charge in [0.15, 0.2) is 11.5 Å². The van der Waals surface area contributed by atoms with Gasteiger partial charge < -0.3 is 14.4 Å². The molecule has 0 bridgehead atoms. The zero-order valence-corrected chi connectivity index (χ0v) is 16.3. The van der Waals surface area contributed by atoms with Crippen molar-refractivity contribution in [3.05, 3.63) is 54.1 Å². The molecule has 1 aliphatic heterocycles. The summed E-state index contributed by atoms with van der Waals surface area (Å²) in [5.41, 5.74) is 3.14. The maximum Gasteiger partial charge on any atom is 0.254 e. The standard InChI is InChI=1S/C23H24N2O3/c1-3-4-11-25(2)23(26)18-15-20(24-19-8-6-5-7-17(18)19)16-9-10-21-22(14-16)28-13-12-27-21/h5-10,14-15H,3-4,11-13H2,1-2H3. The number of rotatable bonds is 5. The second-order valence-corrected chi connectivity index (χ2v) is 7.01. The molecule has 1 amide bonds. The largest absolute Gasteiger partial charge is 0.486 e. The van der Waals surface area contributed by atoms with E-state index < -0.39 is 0 Å². The molecule has 4 rings (SSSR count). The molecule has 0 N–H and O–H groups in total. The molecule has 0 atom stereocenters. The molecule has 5 heteroatoms. The van der Waals surface area contributed by atoms with Gasteiger partial charge in [0.25, 0.3) is 5.91 Å². The van der Waals surface area contributed by atoms with Crippen LogP contribution in [0.5, 0.6) is 11.5 Å². The summed E-state index contributed by atoms with van der Waals surface area (Å²) >= 11 is 0.